The molecule has 0 saturated carbocycles. The summed E-state index contributed by atoms with van der Waals surface area (Å²) in [6.45, 7) is 3.23. The molecule has 0 radical (unpaired) electrons. The third kappa shape index (κ3) is 3.61. The van der Waals surface area contributed by atoms with Gasteiger partial charge in [0.2, 0.25) is 0 Å². The van der Waals surface area contributed by atoms with Gasteiger partial charge in [-0.05, 0) is 38.2 Å². The highest BCUT2D eigenvalue weighted by Gasteiger charge is 2.26. The molecule has 2 aromatic rings. The molecule has 0 bridgehead atoms. The van der Waals surface area contributed by atoms with E-state index in [1.807, 2.05) is 4.90 Å². The number of piperidine rings is 1. The minimum atomic E-state index is -0.0349. The number of nitrogen functional groups attached to an aromatic ring is 1. The third-order valence-electron chi connectivity index (χ3n) is 4.09. The van der Waals surface area contributed by atoms with Crippen LogP contribution in [0.5, 0.6) is 0 Å². The first-order valence-electron chi connectivity index (χ1n) is 7.78. The number of amides is 1. The van der Waals surface area contributed by atoms with E-state index in [2.05, 4.69) is 19.9 Å². The summed E-state index contributed by atoms with van der Waals surface area (Å²) >= 11 is 0. The second kappa shape index (κ2) is 6.68. The lowest BCUT2D eigenvalue weighted by Gasteiger charge is -2.32. The number of carbonyl (C=O) groups is 1. The summed E-state index contributed by atoms with van der Waals surface area (Å²) in [6, 6.07) is 1.67. The van der Waals surface area contributed by atoms with E-state index in [-0.39, 0.29) is 5.91 Å². The largest absolute Gasteiger partial charge is 0.382 e. The van der Waals surface area contributed by atoms with Gasteiger partial charge in [0.1, 0.15) is 17.3 Å². The first kappa shape index (κ1) is 15.3. The molecule has 0 aliphatic carbocycles. The van der Waals surface area contributed by atoms with Crippen molar-refractivity contribution in [2.45, 2.75) is 26.2 Å². The summed E-state index contributed by atoms with van der Waals surface area (Å²) in [5.41, 5.74) is 7.13. The number of carbonyl (C=O) groups excluding carboxylic acids is 1. The molecule has 1 amide bonds. The SMILES string of the molecule is Cc1nccc(C(=O)N2CCCC(Cc3nccnc3N)C2)n1. The molecule has 1 saturated heterocycles. The van der Waals surface area contributed by atoms with Crippen LogP contribution in [0.3, 0.4) is 0 Å². The average Bonchev–Trinajstić information content (AvgIpc) is 2.56. The van der Waals surface area contributed by atoms with Gasteiger partial charge in [-0.25, -0.2) is 15.0 Å². The van der Waals surface area contributed by atoms with Crippen LogP contribution in [0.1, 0.15) is 34.8 Å². The lowest BCUT2D eigenvalue weighted by atomic mass is 9.93. The Balaban J connectivity index is 1.68. The van der Waals surface area contributed by atoms with Crippen LogP contribution >= 0.6 is 0 Å². The number of anilines is 1. The molecule has 0 spiro atoms. The van der Waals surface area contributed by atoms with E-state index in [0.717, 1.165) is 31.5 Å². The van der Waals surface area contributed by atoms with Crippen molar-refractivity contribution in [3.8, 4) is 0 Å². The van der Waals surface area contributed by atoms with Gasteiger partial charge in [0.25, 0.3) is 5.91 Å². The van der Waals surface area contributed by atoms with E-state index in [4.69, 9.17) is 5.73 Å². The van der Waals surface area contributed by atoms with E-state index in [0.29, 0.717) is 29.8 Å². The van der Waals surface area contributed by atoms with E-state index < -0.39 is 0 Å². The summed E-state index contributed by atoms with van der Waals surface area (Å²) in [6.07, 6.45) is 7.64. The molecular weight excluding hydrogens is 292 g/mol. The summed E-state index contributed by atoms with van der Waals surface area (Å²) in [4.78, 5) is 31.1. The molecule has 120 valence electrons. The Morgan fingerprint density at radius 3 is 2.91 bits per heavy atom. The summed E-state index contributed by atoms with van der Waals surface area (Å²) < 4.78 is 0. The fourth-order valence-electron chi connectivity index (χ4n) is 2.96. The number of aryl methyl sites for hydroxylation is 1. The molecule has 1 unspecified atom stereocenters. The molecule has 0 aromatic carbocycles. The fraction of sp³-hybridized carbons (Fsp3) is 0.438. The minimum absolute atomic E-state index is 0.0349. The maximum absolute atomic E-state index is 12.6. The molecule has 1 fully saturated rings. The van der Waals surface area contributed by atoms with Gasteiger partial charge in [-0.1, -0.05) is 0 Å². The normalized spacial score (nSPS) is 18.0. The molecule has 2 aromatic heterocycles. The maximum Gasteiger partial charge on any atom is 0.272 e. The van der Waals surface area contributed by atoms with Crippen molar-refractivity contribution < 1.29 is 4.79 Å². The van der Waals surface area contributed by atoms with E-state index >= 15 is 0 Å². The van der Waals surface area contributed by atoms with Crippen molar-refractivity contribution >= 4 is 11.7 Å². The Morgan fingerprint density at radius 2 is 2.13 bits per heavy atom. The molecule has 7 nitrogen and oxygen atoms in total. The molecule has 1 atom stereocenters. The minimum Gasteiger partial charge on any atom is -0.382 e. The predicted molar refractivity (Wildman–Crippen MR) is 85.5 cm³/mol. The van der Waals surface area contributed by atoms with Gasteiger partial charge in [0, 0.05) is 31.7 Å². The van der Waals surface area contributed by atoms with E-state index in [9.17, 15) is 4.79 Å². The van der Waals surface area contributed by atoms with Crippen LogP contribution in [0.2, 0.25) is 0 Å². The van der Waals surface area contributed by atoms with Crippen LogP contribution in [0.25, 0.3) is 0 Å². The Bertz CT molecular complexity index is 704. The number of nitrogens with two attached hydrogens (primary N) is 1. The van der Waals surface area contributed by atoms with Gasteiger partial charge in [-0.3, -0.25) is 9.78 Å². The van der Waals surface area contributed by atoms with Crippen molar-refractivity contribution in [1.82, 2.24) is 24.8 Å². The second-order valence-electron chi connectivity index (χ2n) is 5.84. The zero-order chi connectivity index (χ0) is 16.2. The summed E-state index contributed by atoms with van der Waals surface area (Å²) in [5.74, 6) is 1.39. The fourth-order valence-corrected chi connectivity index (χ4v) is 2.96. The Labute approximate surface area is 135 Å². The number of nitrogens with zero attached hydrogens (tertiary/aromatic N) is 5. The lowest BCUT2D eigenvalue weighted by molar-refractivity contribution is 0.0666. The van der Waals surface area contributed by atoms with Gasteiger partial charge >= 0.3 is 0 Å². The maximum atomic E-state index is 12.6. The molecule has 2 N–H and O–H groups in total. The van der Waals surface area contributed by atoms with Crippen molar-refractivity contribution in [2.75, 3.05) is 18.8 Å². The standard InChI is InChI=1S/C16H20N6O/c1-11-18-5-4-13(21-11)16(23)22-8-2-3-12(10-22)9-14-15(17)20-7-6-19-14/h4-7,12H,2-3,8-10H2,1H3,(H2,17,20). The summed E-state index contributed by atoms with van der Waals surface area (Å²) in [5, 5.41) is 0. The van der Waals surface area contributed by atoms with Gasteiger partial charge in [-0.15, -0.1) is 0 Å². The Hall–Kier alpha value is -2.57. The number of rotatable bonds is 3. The molecule has 23 heavy (non-hydrogen) atoms. The topological polar surface area (TPSA) is 97.9 Å². The Kier molecular flexibility index (Phi) is 4.45. The quantitative estimate of drug-likeness (QED) is 0.916. The highest BCUT2D eigenvalue weighted by Crippen LogP contribution is 2.22. The van der Waals surface area contributed by atoms with Gasteiger partial charge in [-0.2, -0.15) is 0 Å². The van der Waals surface area contributed by atoms with Gasteiger partial charge in [0.05, 0.1) is 5.69 Å². The van der Waals surface area contributed by atoms with Crippen molar-refractivity contribution in [3.05, 3.63) is 41.9 Å². The number of likely N-dealkylation sites (tertiary alicyclic amines) is 1. The Morgan fingerprint density at radius 1 is 1.30 bits per heavy atom. The third-order valence-corrected chi connectivity index (χ3v) is 4.09. The van der Waals surface area contributed by atoms with Gasteiger partial charge < -0.3 is 10.6 Å². The van der Waals surface area contributed by atoms with Crippen molar-refractivity contribution in [2.24, 2.45) is 5.92 Å². The van der Waals surface area contributed by atoms with Crippen LogP contribution in [0.15, 0.2) is 24.7 Å². The first-order valence-corrected chi connectivity index (χ1v) is 7.78. The van der Waals surface area contributed by atoms with Gasteiger partial charge in [0.15, 0.2) is 0 Å². The van der Waals surface area contributed by atoms with Crippen molar-refractivity contribution in [1.29, 1.82) is 0 Å². The highest BCUT2D eigenvalue weighted by atomic mass is 16.2. The number of hydrogen-bond acceptors (Lipinski definition) is 6. The monoisotopic (exact) mass is 312 g/mol. The van der Waals surface area contributed by atoms with E-state index in [1.165, 1.54) is 0 Å². The van der Waals surface area contributed by atoms with Crippen LogP contribution in [0.4, 0.5) is 5.82 Å². The molecule has 3 rings (SSSR count). The van der Waals surface area contributed by atoms with E-state index in [1.54, 1.807) is 31.6 Å². The zero-order valence-electron chi connectivity index (χ0n) is 13.1. The van der Waals surface area contributed by atoms with Crippen LogP contribution in [-0.2, 0) is 6.42 Å². The highest BCUT2D eigenvalue weighted by molar-refractivity contribution is 5.92. The van der Waals surface area contributed by atoms with Crippen LogP contribution in [0, 0.1) is 12.8 Å². The summed E-state index contributed by atoms with van der Waals surface area (Å²) in [7, 11) is 0. The molecule has 1 aliphatic rings. The number of aromatic nitrogens is 4. The molecule has 7 heteroatoms. The predicted octanol–water partition coefficient (Wildman–Crippen LogP) is 1.25. The van der Waals surface area contributed by atoms with Crippen LogP contribution in [-0.4, -0.2) is 43.8 Å². The zero-order valence-corrected chi connectivity index (χ0v) is 13.1. The lowest BCUT2D eigenvalue weighted by Crippen LogP contribution is -2.41. The molecule has 1 aliphatic heterocycles. The second-order valence-corrected chi connectivity index (χ2v) is 5.84. The first-order chi connectivity index (χ1) is 11.1. The number of hydrogen-bond donors (Lipinski definition) is 1. The van der Waals surface area contributed by atoms with Crippen molar-refractivity contribution in [3.63, 3.8) is 0 Å². The average molecular weight is 312 g/mol. The molecular formula is C16H20N6O. The molecule has 3 heterocycles. The van der Waals surface area contributed by atoms with Crippen LogP contribution < -0.4 is 5.73 Å². The smallest absolute Gasteiger partial charge is 0.272 e.